The van der Waals surface area contributed by atoms with Crippen molar-refractivity contribution < 1.29 is 19.4 Å². The van der Waals surface area contributed by atoms with E-state index >= 15 is 0 Å². The largest absolute Gasteiger partial charge is 0.449 e. The Morgan fingerprint density at radius 3 is 2.87 bits per heavy atom. The molecule has 2 aromatic rings. The number of aliphatic hydroxyl groups is 2. The molecule has 0 aliphatic rings. The molecule has 1 aromatic heterocycles. The first kappa shape index (κ1) is 10.3. The molecule has 0 saturated heterocycles. The predicted octanol–water partition coefficient (Wildman–Crippen LogP) is 0.624. The molecule has 2 N–H and O–H groups in total. The Morgan fingerprint density at radius 1 is 1.47 bits per heavy atom. The molecule has 2 rings (SSSR count). The summed E-state index contributed by atoms with van der Waals surface area (Å²) >= 11 is 5.53. The molecule has 0 saturated carbocycles. The smallest absolute Gasteiger partial charge is 0.293 e. The van der Waals surface area contributed by atoms with Crippen LogP contribution in [0.15, 0.2) is 22.6 Å². The van der Waals surface area contributed by atoms with E-state index in [2.05, 4.69) is 9.72 Å². The van der Waals surface area contributed by atoms with Crippen molar-refractivity contribution in [3.8, 4) is 5.75 Å². The van der Waals surface area contributed by atoms with Crippen LogP contribution in [-0.2, 0) is 0 Å². The van der Waals surface area contributed by atoms with Gasteiger partial charge in [-0.05, 0) is 23.7 Å². The van der Waals surface area contributed by atoms with Crippen molar-refractivity contribution >= 4 is 30.5 Å². The van der Waals surface area contributed by atoms with Gasteiger partial charge >= 0.3 is 0 Å². The third kappa shape index (κ3) is 2.41. The highest BCUT2D eigenvalue weighted by Crippen LogP contribution is 2.24. The lowest BCUT2D eigenvalue weighted by molar-refractivity contribution is -0.223. The molecule has 0 atom stereocenters. The number of oxazole rings is 1. The van der Waals surface area contributed by atoms with E-state index in [4.69, 9.17) is 34.1 Å². The Labute approximate surface area is 90.6 Å². The number of ether oxygens (including phenoxy) is 1. The van der Waals surface area contributed by atoms with Gasteiger partial charge < -0.3 is 19.4 Å². The molecule has 15 heavy (non-hydrogen) atoms. The van der Waals surface area contributed by atoms with Gasteiger partial charge in [-0.2, -0.15) is 4.98 Å². The molecule has 0 spiro atoms. The first-order valence-corrected chi connectivity index (χ1v) is 4.30. The fourth-order valence-corrected chi connectivity index (χ4v) is 1.29. The first-order valence-electron chi connectivity index (χ1n) is 3.93. The Bertz CT molecular complexity index is 493. The molecule has 1 heterocycles. The summed E-state index contributed by atoms with van der Waals surface area (Å²) in [7, 11) is 4.84. The van der Waals surface area contributed by atoms with Crippen LogP contribution in [0.3, 0.4) is 0 Å². The molecule has 2 radical (unpaired) electrons. The monoisotopic (exact) mass is 225 g/mol. The van der Waals surface area contributed by atoms with Gasteiger partial charge in [0.1, 0.15) is 11.3 Å². The lowest BCUT2D eigenvalue weighted by Gasteiger charge is -2.18. The minimum absolute atomic E-state index is 0.00541. The quantitative estimate of drug-likeness (QED) is 0.579. The fourth-order valence-electron chi connectivity index (χ4n) is 1.12. The zero-order chi connectivity index (χ0) is 11.1. The van der Waals surface area contributed by atoms with Crippen molar-refractivity contribution in [1.82, 2.24) is 4.98 Å². The van der Waals surface area contributed by atoms with Gasteiger partial charge in [0, 0.05) is 6.07 Å². The van der Waals surface area contributed by atoms with Crippen LogP contribution in [0.25, 0.3) is 11.1 Å². The van der Waals surface area contributed by atoms with Crippen molar-refractivity contribution in [3.63, 3.8) is 0 Å². The summed E-state index contributed by atoms with van der Waals surface area (Å²) in [6, 6.07) is 4.38. The maximum Gasteiger partial charge on any atom is 0.293 e. The number of benzene rings is 1. The van der Waals surface area contributed by atoms with Crippen molar-refractivity contribution in [2.75, 3.05) is 0 Å². The number of fused-ring (bicyclic) bond motifs is 1. The van der Waals surface area contributed by atoms with Gasteiger partial charge in [0.2, 0.25) is 7.85 Å². The summed E-state index contributed by atoms with van der Waals surface area (Å²) in [5, 5.41) is 17.6. The number of nitrogens with zero attached hydrogens (tertiary/aromatic N) is 1. The number of aromatic nitrogens is 1. The summed E-state index contributed by atoms with van der Waals surface area (Å²) in [4.78, 5) is 3.82. The van der Waals surface area contributed by atoms with Gasteiger partial charge in [-0.25, -0.2) is 0 Å². The van der Waals surface area contributed by atoms with Gasteiger partial charge in [-0.1, -0.05) is 0 Å². The lowest BCUT2D eigenvalue weighted by atomic mass is 10.1. The minimum Gasteiger partial charge on any atom is -0.449 e. The average Bonchev–Trinajstić information content (AvgIpc) is 2.40. The highest BCUT2D eigenvalue weighted by atomic mass is 35.5. The highest BCUT2D eigenvalue weighted by molar-refractivity contribution is 6.28. The lowest BCUT2D eigenvalue weighted by Crippen LogP contribution is -2.35. The Kier molecular flexibility index (Phi) is 2.34. The molecule has 7 heteroatoms. The maximum absolute atomic E-state index is 8.79. The molecule has 0 aliphatic carbocycles. The fraction of sp³-hybridized carbons (Fsp3) is 0.125. The van der Waals surface area contributed by atoms with Crippen LogP contribution in [0.2, 0.25) is 5.35 Å². The molecular weight excluding hydrogens is 220 g/mol. The van der Waals surface area contributed by atoms with E-state index < -0.39 is 5.87 Å². The minimum atomic E-state index is -2.72. The van der Waals surface area contributed by atoms with Gasteiger partial charge in [-0.15, -0.1) is 0 Å². The van der Waals surface area contributed by atoms with Crippen molar-refractivity contribution in [2.45, 2.75) is 5.87 Å². The van der Waals surface area contributed by atoms with E-state index in [9.17, 15) is 0 Å². The van der Waals surface area contributed by atoms with Gasteiger partial charge in [0.05, 0.1) is 0 Å². The SMILES string of the molecule is [B]C(O)(O)Oc1ccc2oc(Cl)nc2c1. The number of hydrogen-bond acceptors (Lipinski definition) is 5. The molecule has 5 nitrogen and oxygen atoms in total. The van der Waals surface area contributed by atoms with Crippen LogP contribution in [-0.4, -0.2) is 28.9 Å². The van der Waals surface area contributed by atoms with E-state index in [0.717, 1.165) is 0 Å². The maximum atomic E-state index is 8.79. The van der Waals surface area contributed by atoms with Gasteiger partial charge in [0.25, 0.3) is 11.2 Å². The third-order valence-electron chi connectivity index (χ3n) is 1.60. The van der Waals surface area contributed by atoms with E-state index in [-0.39, 0.29) is 11.1 Å². The zero-order valence-electron chi connectivity index (χ0n) is 7.35. The van der Waals surface area contributed by atoms with Crippen LogP contribution < -0.4 is 4.74 Å². The molecule has 76 valence electrons. The van der Waals surface area contributed by atoms with Crippen LogP contribution in [0.5, 0.6) is 5.75 Å². The van der Waals surface area contributed by atoms with Crippen LogP contribution in [0.4, 0.5) is 0 Å². The first-order chi connectivity index (χ1) is 6.94. The summed E-state index contributed by atoms with van der Waals surface area (Å²) in [6.07, 6.45) is 0. The second kappa shape index (κ2) is 3.41. The van der Waals surface area contributed by atoms with E-state index in [1.54, 1.807) is 0 Å². The zero-order valence-corrected chi connectivity index (χ0v) is 8.10. The Hall–Kier alpha value is -1.24. The number of rotatable bonds is 2. The second-order valence-electron chi connectivity index (χ2n) is 2.86. The second-order valence-corrected chi connectivity index (χ2v) is 3.18. The van der Waals surface area contributed by atoms with E-state index in [1.165, 1.54) is 18.2 Å². The summed E-state index contributed by atoms with van der Waals surface area (Å²) in [5.74, 6) is -2.58. The van der Waals surface area contributed by atoms with Crippen LogP contribution in [0, 0.1) is 0 Å². The number of hydrogen-bond donors (Lipinski definition) is 2. The van der Waals surface area contributed by atoms with Crippen LogP contribution >= 0.6 is 11.6 Å². The van der Waals surface area contributed by atoms with E-state index in [0.29, 0.717) is 11.1 Å². The van der Waals surface area contributed by atoms with Gasteiger partial charge in [-0.3, -0.25) is 0 Å². The van der Waals surface area contributed by atoms with Crippen molar-refractivity contribution in [2.24, 2.45) is 0 Å². The van der Waals surface area contributed by atoms with Crippen molar-refractivity contribution in [1.29, 1.82) is 0 Å². The molecule has 0 fully saturated rings. The topological polar surface area (TPSA) is 75.7 Å². The summed E-state index contributed by atoms with van der Waals surface area (Å²) in [6.45, 7) is 0. The molecular formula is C8H5BClNO4. The third-order valence-corrected chi connectivity index (χ3v) is 1.76. The highest BCUT2D eigenvalue weighted by Gasteiger charge is 2.16. The van der Waals surface area contributed by atoms with E-state index in [1.807, 2.05) is 0 Å². The Morgan fingerprint density at radius 2 is 2.20 bits per heavy atom. The predicted molar refractivity (Wildman–Crippen MR) is 52.6 cm³/mol. The summed E-state index contributed by atoms with van der Waals surface area (Å²) < 4.78 is 9.58. The molecule has 0 bridgehead atoms. The average molecular weight is 225 g/mol. The van der Waals surface area contributed by atoms with Gasteiger partial charge in [0.15, 0.2) is 5.58 Å². The van der Waals surface area contributed by atoms with Crippen molar-refractivity contribution in [3.05, 3.63) is 23.5 Å². The molecule has 0 amide bonds. The number of halogens is 1. The molecule has 1 aromatic carbocycles. The van der Waals surface area contributed by atoms with Crippen LogP contribution in [0.1, 0.15) is 0 Å². The Balaban J connectivity index is 2.38. The standard InChI is InChI=1S/C8H5BClNO4/c9-8(12,13)15-4-1-2-6-5(3-4)11-7(10)14-6/h1-3,12-13H. The molecule has 0 aliphatic heterocycles. The normalized spacial score (nSPS) is 11.9. The molecule has 0 unspecified atom stereocenters. The summed E-state index contributed by atoms with van der Waals surface area (Å²) in [5.41, 5.74) is 0.896.